The molecule has 0 aliphatic carbocycles. The van der Waals surface area contributed by atoms with Gasteiger partial charge in [-0.15, -0.1) is 5.10 Å². The number of aryl methyl sites for hydroxylation is 1. The van der Waals surface area contributed by atoms with E-state index < -0.39 is 0 Å². The van der Waals surface area contributed by atoms with Crippen molar-refractivity contribution in [1.29, 1.82) is 0 Å². The number of rotatable bonds is 4. The molecule has 2 aromatic rings. The maximum Gasteiger partial charge on any atom is 0.189 e. The van der Waals surface area contributed by atoms with Crippen LogP contribution in [0.25, 0.3) is 0 Å². The van der Waals surface area contributed by atoms with Crippen LogP contribution in [0.3, 0.4) is 0 Å². The molecule has 2 heterocycles. The highest BCUT2D eigenvalue weighted by Crippen LogP contribution is 2.22. The summed E-state index contributed by atoms with van der Waals surface area (Å²) in [5.41, 5.74) is 2.39. The van der Waals surface area contributed by atoms with Gasteiger partial charge < -0.3 is 10.1 Å². The molecule has 0 bridgehead atoms. The average molecular weight is 287 g/mol. The minimum absolute atomic E-state index is 0.374. The van der Waals surface area contributed by atoms with Crippen LogP contribution in [0.15, 0.2) is 18.2 Å². The Hall–Kier alpha value is -1.95. The van der Waals surface area contributed by atoms with E-state index in [1.807, 2.05) is 16.8 Å². The lowest BCUT2D eigenvalue weighted by Crippen LogP contribution is -2.30. The van der Waals surface area contributed by atoms with Crippen molar-refractivity contribution < 1.29 is 4.74 Å². The van der Waals surface area contributed by atoms with E-state index in [0.717, 1.165) is 37.5 Å². The Morgan fingerprint density at radius 2 is 2.10 bits per heavy atom. The Kier molecular flexibility index (Phi) is 4.15. The number of hydrogen-bond acceptors (Lipinski definition) is 5. The molecule has 0 spiro atoms. The monoisotopic (exact) mass is 287 g/mol. The van der Waals surface area contributed by atoms with Crippen molar-refractivity contribution in [2.24, 2.45) is 0 Å². The molecule has 1 aromatic heterocycles. The van der Waals surface area contributed by atoms with Crippen LogP contribution in [0.1, 0.15) is 35.8 Å². The number of ether oxygens (including phenoxy) is 1. The normalized spacial score (nSPS) is 16.1. The van der Waals surface area contributed by atoms with Crippen LogP contribution in [-0.4, -0.2) is 33.3 Å². The van der Waals surface area contributed by atoms with Gasteiger partial charge in [0.05, 0.1) is 6.04 Å². The predicted molar refractivity (Wildman–Crippen MR) is 79.2 cm³/mol. The summed E-state index contributed by atoms with van der Waals surface area (Å²) in [5.74, 6) is 1.69. The summed E-state index contributed by atoms with van der Waals surface area (Å²) in [6, 6.07) is 6.45. The molecule has 1 fully saturated rings. The summed E-state index contributed by atoms with van der Waals surface area (Å²) in [6.07, 6.45) is 2.11. The summed E-state index contributed by atoms with van der Waals surface area (Å²) in [6.45, 7) is 6.59. The molecule has 0 saturated carbocycles. The maximum absolute atomic E-state index is 5.91. The number of nitrogens with zero attached hydrogens (tertiary/aromatic N) is 4. The summed E-state index contributed by atoms with van der Waals surface area (Å²) in [7, 11) is 0. The SMILES string of the molecule is Cc1cccc(OCc2nnnn2C2CCNCC2)c1C. The highest BCUT2D eigenvalue weighted by molar-refractivity contribution is 5.38. The van der Waals surface area contributed by atoms with Crippen LogP contribution in [0, 0.1) is 13.8 Å². The fourth-order valence-corrected chi connectivity index (χ4v) is 2.67. The Labute approximate surface area is 124 Å². The van der Waals surface area contributed by atoms with Gasteiger partial charge in [-0.3, -0.25) is 0 Å². The van der Waals surface area contributed by atoms with Gasteiger partial charge in [0.2, 0.25) is 0 Å². The lowest BCUT2D eigenvalue weighted by molar-refractivity contribution is 0.263. The number of piperidine rings is 1. The molecule has 0 amide bonds. The second-order valence-electron chi connectivity index (χ2n) is 5.51. The first-order chi connectivity index (χ1) is 10.3. The first-order valence-electron chi connectivity index (χ1n) is 7.42. The molecule has 112 valence electrons. The van der Waals surface area contributed by atoms with E-state index in [4.69, 9.17) is 4.74 Å². The topological polar surface area (TPSA) is 64.9 Å². The molecule has 6 nitrogen and oxygen atoms in total. The Morgan fingerprint density at radius 1 is 1.29 bits per heavy atom. The van der Waals surface area contributed by atoms with Gasteiger partial charge in [-0.2, -0.15) is 0 Å². The van der Waals surface area contributed by atoms with E-state index in [1.165, 1.54) is 11.1 Å². The van der Waals surface area contributed by atoms with Crippen molar-refractivity contribution in [3.05, 3.63) is 35.2 Å². The summed E-state index contributed by atoms with van der Waals surface area (Å²) < 4.78 is 7.84. The van der Waals surface area contributed by atoms with Crippen LogP contribution in [0.2, 0.25) is 0 Å². The van der Waals surface area contributed by atoms with Crippen molar-refractivity contribution in [3.63, 3.8) is 0 Å². The molecular weight excluding hydrogens is 266 g/mol. The van der Waals surface area contributed by atoms with Gasteiger partial charge in [-0.1, -0.05) is 12.1 Å². The lowest BCUT2D eigenvalue weighted by Gasteiger charge is -2.23. The number of hydrogen-bond donors (Lipinski definition) is 1. The van der Waals surface area contributed by atoms with Gasteiger partial charge >= 0.3 is 0 Å². The number of tetrazole rings is 1. The highest BCUT2D eigenvalue weighted by Gasteiger charge is 2.20. The van der Waals surface area contributed by atoms with Gasteiger partial charge in [0.25, 0.3) is 0 Å². The molecule has 6 heteroatoms. The third-order valence-corrected chi connectivity index (χ3v) is 4.13. The second kappa shape index (κ2) is 6.22. The zero-order valence-electron chi connectivity index (χ0n) is 12.5. The molecular formula is C15H21N5O. The number of nitrogens with one attached hydrogen (secondary N) is 1. The summed E-state index contributed by atoms with van der Waals surface area (Å²) >= 11 is 0. The van der Waals surface area contributed by atoms with Crippen molar-refractivity contribution in [1.82, 2.24) is 25.5 Å². The molecule has 1 aliphatic heterocycles. The van der Waals surface area contributed by atoms with E-state index in [-0.39, 0.29) is 0 Å². The minimum Gasteiger partial charge on any atom is -0.485 e. The second-order valence-corrected chi connectivity index (χ2v) is 5.51. The molecule has 0 radical (unpaired) electrons. The fraction of sp³-hybridized carbons (Fsp3) is 0.533. The molecule has 3 rings (SSSR count). The van der Waals surface area contributed by atoms with Crippen LogP contribution in [0.5, 0.6) is 5.75 Å². The van der Waals surface area contributed by atoms with E-state index in [1.54, 1.807) is 0 Å². The van der Waals surface area contributed by atoms with Gasteiger partial charge in [0.15, 0.2) is 5.82 Å². The Bertz CT molecular complexity index is 604. The summed E-state index contributed by atoms with van der Waals surface area (Å²) in [5, 5.41) is 15.4. The first-order valence-corrected chi connectivity index (χ1v) is 7.42. The predicted octanol–water partition coefficient (Wildman–Crippen LogP) is 1.79. The third kappa shape index (κ3) is 3.05. The van der Waals surface area contributed by atoms with Crippen molar-refractivity contribution >= 4 is 0 Å². The van der Waals surface area contributed by atoms with Crippen LogP contribution < -0.4 is 10.1 Å². The van der Waals surface area contributed by atoms with E-state index >= 15 is 0 Å². The molecule has 1 N–H and O–H groups in total. The van der Waals surface area contributed by atoms with E-state index in [0.29, 0.717) is 12.6 Å². The highest BCUT2D eigenvalue weighted by atomic mass is 16.5. The van der Waals surface area contributed by atoms with Crippen LogP contribution in [0.4, 0.5) is 0 Å². The molecule has 1 aromatic carbocycles. The van der Waals surface area contributed by atoms with Gasteiger partial charge in [-0.25, -0.2) is 4.68 Å². The minimum atomic E-state index is 0.374. The zero-order valence-corrected chi connectivity index (χ0v) is 12.5. The molecule has 1 saturated heterocycles. The largest absolute Gasteiger partial charge is 0.485 e. The zero-order chi connectivity index (χ0) is 14.7. The quantitative estimate of drug-likeness (QED) is 0.929. The van der Waals surface area contributed by atoms with Crippen LogP contribution in [-0.2, 0) is 6.61 Å². The lowest BCUT2D eigenvalue weighted by atomic mass is 10.1. The van der Waals surface area contributed by atoms with Crippen LogP contribution >= 0.6 is 0 Å². The van der Waals surface area contributed by atoms with Gasteiger partial charge in [-0.05, 0) is 67.4 Å². The van der Waals surface area contributed by atoms with Gasteiger partial charge in [0.1, 0.15) is 12.4 Å². The first kappa shape index (κ1) is 14.0. The summed E-state index contributed by atoms with van der Waals surface area (Å²) in [4.78, 5) is 0. The van der Waals surface area contributed by atoms with Gasteiger partial charge in [0, 0.05) is 0 Å². The van der Waals surface area contributed by atoms with Crippen molar-refractivity contribution in [3.8, 4) is 5.75 Å². The molecule has 0 unspecified atom stereocenters. The van der Waals surface area contributed by atoms with E-state index in [2.05, 4.69) is 40.8 Å². The Balaban J connectivity index is 1.71. The molecule has 21 heavy (non-hydrogen) atoms. The molecule has 0 atom stereocenters. The standard InChI is InChI=1S/C15H21N5O/c1-11-4-3-5-14(12(11)2)21-10-15-17-18-19-20(15)13-6-8-16-9-7-13/h3-5,13,16H,6-10H2,1-2H3. The van der Waals surface area contributed by atoms with Crippen molar-refractivity contribution in [2.45, 2.75) is 39.3 Å². The van der Waals surface area contributed by atoms with E-state index in [9.17, 15) is 0 Å². The third-order valence-electron chi connectivity index (χ3n) is 4.13. The average Bonchev–Trinajstić information content (AvgIpc) is 2.98. The molecule has 1 aliphatic rings. The Morgan fingerprint density at radius 3 is 2.90 bits per heavy atom. The maximum atomic E-state index is 5.91. The smallest absolute Gasteiger partial charge is 0.189 e. The number of benzene rings is 1. The number of aromatic nitrogens is 4. The fourth-order valence-electron chi connectivity index (χ4n) is 2.67. The van der Waals surface area contributed by atoms with Crippen molar-refractivity contribution in [2.75, 3.05) is 13.1 Å².